The van der Waals surface area contributed by atoms with Crippen molar-refractivity contribution >= 4 is 28.3 Å². The Balaban J connectivity index is 1.93. The predicted molar refractivity (Wildman–Crippen MR) is 74.0 cm³/mol. The first kappa shape index (κ1) is 10.7. The SMILES string of the molecule is Ic1ccccc1NCC1C=CCC=C1. The van der Waals surface area contributed by atoms with Crippen LogP contribution in [-0.4, -0.2) is 6.54 Å². The summed E-state index contributed by atoms with van der Waals surface area (Å²) in [6.07, 6.45) is 10.1. The van der Waals surface area contributed by atoms with Crippen molar-refractivity contribution in [2.24, 2.45) is 5.92 Å². The Hall–Kier alpha value is -0.770. The van der Waals surface area contributed by atoms with Crippen LogP contribution in [0.3, 0.4) is 0 Å². The normalized spacial score (nSPS) is 15.5. The number of hydrogen-bond donors (Lipinski definition) is 1. The van der Waals surface area contributed by atoms with E-state index in [0.717, 1.165) is 13.0 Å². The molecule has 1 aliphatic rings. The number of nitrogens with one attached hydrogen (secondary N) is 1. The molecular weight excluding hydrogens is 297 g/mol. The highest BCUT2D eigenvalue weighted by molar-refractivity contribution is 14.1. The molecule has 1 nitrogen and oxygen atoms in total. The van der Waals surface area contributed by atoms with Crippen molar-refractivity contribution in [2.75, 3.05) is 11.9 Å². The Morgan fingerprint density at radius 2 is 1.93 bits per heavy atom. The number of halogens is 1. The van der Waals surface area contributed by atoms with Crippen LogP contribution in [0.15, 0.2) is 48.6 Å². The van der Waals surface area contributed by atoms with E-state index in [0.29, 0.717) is 5.92 Å². The van der Waals surface area contributed by atoms with Crippen LogP contribution in [0.25, 0.3) is 0 Å². The maximum atomic E-state index is 3.47. The molecule has 0 radical (unpaired) electrons. The van der Waals surface area contributed by atoms with Gasteiger partial charge in [-0.15, -0.1) is 0 Å². The number of para-hydroxylation sites is 1. The van der Waals surface area contributed by atoms with Gasteiger partial charge < -0.3 is 5.32 Å². The van der Waals surface area contributed by atoms with Gasteiger partial charge in [0.15, 0.2) is 0 Å². The standard InChI is InChI=1S/C13H14IN/c14-12-8-4-5-9-13(12)15-10-11-6-2-1-3-7-11/h2-9,11,15H,1,10H2. The Morgan fingerprint density at radius 3 is 2.67 bits per heavy atom. The maximum absolute atomic E-state index is 3.47. The monoisotopic (exact) mass is 311 g/mol. The number of benzene rings is 1. The van der Waals surface area contributed by atoms with Crippen molar-refractivity contribution < 1.29 is 0 Å². The molecule has 0 saturated carbocycles. The van der Waals surface area contributed by atoms with Gasteiger partial charge in [0, 0.05) is 21.7 Å². The highest BCUT2D eigenvalue weighted by atomic mass is 127. The van der Waals surface area contributed by atoms with Gasteiger partial charge in [-0.2, -0.15) is 0 Å². The van der Waals surface area contributed by atoms with E-state index in [1.165, 1.54) is 9.26 Å². The lowest BCUT2D eigenvalue weighted by Gasteiger charge is -2.14. The third kappa shape index (κ3) is 3.09. The molecule has 0 atom stereocenters. The lowest BCUT2D eigenvalue weighted by Crippen LogP contribution is -2.11. The third-order valence-electron chi connectivity index (χ3n) is 2.44. The smallest absolute Gasteiger partial charge is 0.0476 e. The molecule has 0 unspecified atom stereocenters. The van der Waals surface area contributed by atoms with Gasteiger partial charge in [0.2, 0.25) is 0 Å². The number of anilines is 1. The molecule has 0 saturated heterocycles. The molecule has 0 heterocycles. The van der Waals surface area contributed by atoms with Gasteiger partial charge in [0.1, 0.15) is 0 Å². The summed E-state index contributed by atoms with van der Waals surface area (Å²) in [5.74, 6) is 0.537. The predicted octanol–water partition coefficient (Wildman–Crippen LogP) is 3.84. The molecule has 1 aromatic carbocycles. The fourth-order valence-corrected chi connectivity index (χ4v) is 2.20. The number of hydrogen-bond acceptors (Lipinski definition) is 1. The van der Waals surface area contributed by atoms with Gasteiger partial charge in [-0.3, -0.25) is 0 Å². The van der Waals surface area contributed by atoms with Crippen LogP contribution >= 0.6 is 22.6 Å². The quantitative estimate of drug-likeness (QED) is 0.661. The van der Waals surface area contributed by atoms with E-state index < -0.39 is 0 Å². The second-order valence-electron chi connectivity index (χ2n) is 3.62. The molecule has 0 amide bonds. The van der Waals surface area contributed by atoms with E-state index >= 15 is 0 Å². The van der Waals surface area contributed by atoms with Crippen LogP contribution < -0.4 is 5.32 Å². The molecule has 1 N–H and O–H groups in total. The molecule has 0 aliphatic heterocycles. The van der Waals surface area contributed by atoms with E-state index in [1.54, 1.807) is 0 Å². The number of allylic oxidation sites excluding steroid dienone is 2. The average Bonchev–Trinajstić information content (AvgIpc) is 2.29. The van der Waals surface area contributed by atoms with E-state index in [1.807, 2.05) is 0 Å². The van der Waals surface area contributed by atoms with E-state index in [9.17, 15) is 0 Å². The van der Waals surface area contributed by atoms with Crippen LogP contribution in [0.1, 0.15) is 6.42 Å². The Bertz CT molecular complexity index is 370. The summed E-state index contributed by atoms with van der Waals surface area (Å²) >= 11 is 2.36. The molecule has 1 aliphatic carbocycles. The molecular formula is C13H14IN. The minimum absolute atomic E-state index is 0.537. The average molecular weight is 311 g/mol. The van der Waals surface area contributed by atoms with Crippen molar-refractivity contribution in [3.8, 4) is 0 Å². The zero-order valence-electron chi connectivity index (χ0n) is 8.49. The van der Waals surface area contributed by atoms with Gasteiger partial charge in [0.25, 0.3) is 0 Å². The summed E-state index contributed by atoms with van der Waals surface area (Å²) in [5, 5.41) is 3.47. The molecule has 2 rings (SSSR count). The van der Waals surface area contributed by atoms with Crippen LogP contribution in [0.4, 0.5) is 5.69 Å². The van der Waals surface area contributed by atoms with Gasteiger partial charge >= 0.3 is 0 Å². The summed E-state index contributed by atoms with van der Waals surface area (Å²) in [5.41, 5.74) is 1.23. The Morgan fingerprint density at radius 1 is 1.20 bits per heavy atom. The Kier molecular flexibility index (Phi) is 3.83. The maximum Gasteiger partial charge on any atom is 0.0476 e. The molecule has 15 heavy (non-hydrogen) atoms. The van der Waals surface area contributed by atoms with Crippen molar-refractivity contribution in [3.05, 3.63) is 52.1 Å². The zero-order chi connectivity index (χ0) is 10.5. The van der Waals surface area contributed by atoms with Crippen molar-refractivity contribution in [1.82, 2.24) is 0 Å². The summed E-state index contributed by atoms with van der Waals surface area (Å²) in [6, 6.07) is 8.37. The van der Waals surface area contributed by atoms with Crippen LogP contribution in [0, 0.1) is 9.49 Å². The summed E-state index contributed by atoms with van der Waals surface area (Å²) in [4.78, 5) is 0. The van der Waals surface area contributed by atoms with Crippen LogP contribution in [0.2, 0.25) is 0 Å². The fraction of sp³-hybridized carbons (Fsp3) is 0.231. The fourth-order valence-electron chi connectivity index (χ4n) is 1.62. The molecule has 78 valence electrons. The highest BCUT2D eigenvalue weighted by Crippen LogP contribution is 2.18. The summed E-state index contributed by atoms with van der Waals surface area (Å²) in [6.45, 7) is 0.979. The molecule has 0 aromatic heterocycles. The van der Waals surface area contributed by atoms with Crippen molar-refractivity contribution in [3.63, 3.8) is 0 Å². The molecule has 0 spiro atoms. The number of rotatable bonds is 3. The van der Waals surface area contributed by atoms with E-state index in [-0.39, 0.29) is 0 Å². The zero-order valence-corrected chi connectivity index (χ0v) is 10.6. The second kappa shape index (κ2) is 5.35. The van der Waals surface area contributed by atoms with Crippen LogP contribution in [0.5, 0.6) is 0 Å². The highest BCUT2D eigenvalue weighted by Gasteiger charge is 2.03. The Labute approximate surface area is 104 Å². The van der Waals surface area contributed by atoms with Gasteiger partial charge in [-0.1, -0.05) is 36.4 Å². The first-order valence-electron chi connectivity index (χ1n) is 5.18. The lowest BCUT2D eigenvalue weighted by molar-refractivity contribution is 0.838. The summed E-state index contributed by atoms with van der Waals surface area (Å²) < 4.78 is 1.28. The molecule has 1 aromatic rings. The lowest BCUT2D eigenvalue weighted by atomic mass is 10.0. The largest absolute Gasteiger partial charge is 0.383 e. The van der Waals surface area contributed by atoms with E-state index in [2.05, 4.69) is 76.5 Å². The third-order valence-corrected chi connectivity index (χ3v) is 3.38. The summed E-state index contributed by atoms with van der Waals surface area (Å²) in [7, 11) is 0. The first-order chi connectivity index (χ1) is 7.36. The van der Waals surface area contributed by atoms with Gasteiger partial charge in [0.05, 0.1) is 0 Å². The topological polar surface area (TPSA) is 12.0 Å². The molecule has 0 fully saturated rings. The van der Waals surface area contributed by atoms with Crippen LogP contribution in [-0.2, 0) is 0 Å². The van der Waals surface area contributed by atoms with Crippen molar-refractivity contribution in [2.45, 2.75) is 6.42 Å². The molecule has 0 bridgehead atoms. The minimum Gasteiger partial charge on any atom is -0.383 e. The first-order valence-corrected chi connectivity index (χ1v) is 6.26. The second-order valence-corrected chi connectivity index (χ2v) is 4.78. The van der Waals surface area contributed by atoms with Gasteiger partial charge in [-0.25, -0.2) is 0 Å². The minimum atomic E-state index is 0.537. The van der Waals surface area contributed by atoms with Gasteiger partial charge in [-0.05, 0) is 41.1 Å². The van der Waals surface area contributed by atoms with Crippen molar-refractivity contribution in [1.29, 1.82) is 0 Å². The molecule has 2 heteroatoms. The van der Waals surface area contributed by atoms with E-state index in [4.69, 9.17) is 0 Å².